The fourth-order valence-electron chi connectivity index (χ4n) is 3.90. The van der Waals surface area contributed by atoms with Crippen LogP contribution in [0.5, 0.6) is 23.0 Å². The molecule has 1 atom stereocenters. The molecule has 0 fully saturated rings. The first-order valence-corrected chi connectivity index (χ1v) is 10.5. The van der Waals surface area contributed by atoms with E-state index in [1.807, 2.05) is 36.4 Å². The van der Waals surface area contributed by atoms with Crippen LogP contribution in [0.4, 0.5) is 5.69 Å². The van der Waals surface area contributed by atoms with Gasteiger partial charge in [-0.2, -0.15) is 0 Å². The molecule has 0 saturated heterocycles. The van der Waals surface area contributed by atoms with Crippen molar-refractivity contribution >= 4 is 27.5 Å². The van der Waals surface area contributed by atoms with Crippen molar-refractivity contribution in [3.05, 3.63) is 75.8 Å². The van der Waals surface area contributed by atoms with Crippen LogP contribution in [0.3, 0.4) is 0 Å². The van der Waals surface area contributed by atoms with Crippen LogP contribution in [0, 0.1) is 0 Å². The maximum absolute atomic E-state index is 13.5. The summed E-state index contributed by atoms with van der Waals surface area (Å²) in [6, 6.07) is 16.4. The molecule has 2 aliphatic rings. The molecule has 0 radical (unpaired) electrons. The molecule has 2 aliphatic heterocycles. The molecule has 1 unspecified atom stereocenters. The van der Waals surface area contributed by atoms with E-state index in [1.54, 1.807) is 23.1 Å². The molecule has 0 saturated carbocycles. The van der Waals surface area contributed by atoms with Crippen LogP contribution in [0.2, 0.25) is 0 Å². The van der Waals surface area contributed by atoms with Crippen LogP contribution >= 0.6 is 15.9 Å². The summed E-state index contributed by atoms with van der Waals surface area (Å²) in [6.45, 7) is 0.487. The van der Waals surface area contributed by atoms with Crippen molar-refractivity contribution in [1.82, 2.24) is 4.90 Å². The van der Waals surface area contributed by atoms with Crippen LogP contribution in [-0.4, -0.2) is 29.8 Å². The molecule has 1 amide bonds. The van der Waals surface area contributed by atoms with Gasteiger partial charge in [0.15, 0.2) is 23.0 Å². The van der Waals surface area contributed by atoms with E-state index >= 15 is 0 Å². The Balaban J connectivity index is 1.59. The van der Waals surface area contributed by atoms with Gasteiger partial charge in [-0.15, -0.1) is 0 Å². The van der Waals surface area contributed by atoms with E-state index in [-0.39, 0.29) is 18.4 Å². The Morgan fingerprint density at radius 2 is 1.97 bits per heavy atom. The summed E-state index contributed by atoms with van der Waals surface area (Å²) in [6.07, 6.45) is -0.612. The van der Waals surface area contributed by atoms with Gasteiger partial charge in [0.25, 0.3) is 5.91 Å². The summed E-state index contributed by atoms with van der Waals surface area (Å²) in [5.74, 6) is 1.49. The number of phenolic OH excluding ortho intramolecular Hbond substituents is 1. The van der Waals surface area contributed by atoms with E-state index < -0.39 is 6.17 Å². The van der Waals surface area contributed by atoms with E-state index in [9.17, 15) is 9.90 Å². The summed E-state index contributed by atoms with van der Waals surface area (Å²) in [7, 11) is 1.49. The highest BCUT2D eigenvalue weighted by atomic mass is 79.9. The predicted octanol–water partition coefficient (Wildman–Crippen LogP) is 4.66. The molecule has 31 heavy (non-hydrogen) atoms. The summed E-state index contributed by atoms with van der Waals surface area (Å²) in [5, 5.41) is 14.2. The minimum atomic E-state index is -0.612. The third-order valence-electron chi connectivity index (χ3n) is 5.40. The zero-order valence-electron chi connectivity index (χ0n) is 16.6. The number of fused-ring (bicyclic) bond motifs is 2. The fourth-order valence-corrected chi connectivity index (χ4v) is 4.35. The summed E-state index contributed by atoms with van der Waals surface area (Å²) >= 11 is 3.47. The smallest absolute Gasteiger partial charge is 0.258 e. The number of hydrogen-bond donors (Lipinski definition) is 2. The molecular weight excluding hydrogens is 464 g/mol. The van der Waals surface area contributed by atoms with Crippen molar-refractivity contribution in [2.24, 2.45) is 0 Å². The van der Waals surface area contributed by atoms with Gasteiger partial charge >= 0.3 is 0 Å². The molecule has 3 aromatic rings. The second-order valence-electron chi connectivity index (χ2n) is 7.26. The normalized spacial score (nSPS) is 16.6. The predicted molar refractivity (Wildman–Crippen MR) is 118 cm³/mol. The molecular formula is C23H19BrN2O5. The Morgan fingerprint density at radius 1 is 1.16 bits per heavy atom. The summed E-state index contributed by atoms with van der Waals surface area (Å²) < 4.78 is 16.9. The lowest BCUT2D eigenvalue weighted by Crippen LogP contribution is -2.42. The second-order valence-corrected chi connectivity index (χ2v) is 8.17. The number of phenols is 1. The number of hydrogen-bond acceptors (Lipinski definition) is 6. The molecule has 0 aliphatic carbocycles. The zero-order chi connectivity index (χ0) is 21.5. The zero-order valence-corrected chi connectivity index (χ0v) is 18.2. The highest BCUT2D eigenvalue weighted by Crippen LogP contribution is 2.43. The summed E-state index contributed by atoms with van der Waals surface area (Å²) in [4.78, 5) is 15.2. The van der Waals surface area contributed by atoms with Gasteiger partial charge in [-0.05, 0) is 42.0 Å². The van der Waals surface area contributed by atoms with Crippen molar-refractivity contribution in [3.8, 4) is 23.0 Å². The first kappa shape index (κ1) is 19.6. The second kappa shape index (κ2) is 7.70. The third-order valence-corrected chi connectivity index (χ3v) is 5.85. The van der Waals surface area contributed by atoms with Crippen LogP contribution < -0.4 is 19.5 Å². The molecule has 0 spiro atoms. The van der Waals surface area contributed by atoms with Gasteiger partial charge in [-0.1, -0.05) is 34.1 Å². The Bertz CT molecular complexity index is 1180. The van der Waals surface area contributed by atoms with Gasteiger partial charge in [0.1, 0.15) is 6.17 Å². The average Bonchev–Trinajstić information content (AvgIpc) is 3.25. The third kappa shape index (κ3) is 3.42. The van der Waals surface area contributed by atoms with E-state index in [0.29, 0.717) is 40.6 Å². The maximum Gasteiger partial charge on any atom is 0.258 e. The van der Waals surface area contributed by atoms with E-state index in [0.717, 1.165) is 10.0 Å². The van der Waals surface area contributed by atoms with Crippen molar-refractivity contribution in [3.63, 3.8) is 0 Å². The molecule has 3 aromatic carbocycles. The number of nitrogens with zero attached hydrogens (tertiary/aromatic N) is 1. The summed E-state index contributed by atoms with van der Waals surface area (Å²) in [5.41, 5.74) is 2.68. The number of nitrogens with one attached hydrogen (secondary N) is 1. The van der Waals surface area contributed by atoms with E-state index in [2.05, 4.69) is 21.2 Å². The van der Waals surface area contributed by atoms with Gasteiger partial charge in [0.2, 0.25) is 6.79 Å². The molecule has 2 N–H and O–H groups in total. The van der Waals surface area contributed by atoms with Crippen molar-refractivity contribution in [2.45, 2.75) is 12.7 Å². The first-order chi connectivity index (χ1) is 15.0. The fraction of sp³-hybridized carbons (Fsp3) is 0.174. The first-order valence-electron chi connectivity index (χ1n) is 9.66. The number of ether oxygens (including phenoxy) is 3. The highest BCUT2D eigenvalue weighted by molar-refractivity contribution is 9.10. The van der Waals surface area contributed by atoms with Gasteiger partial charge in [-0.3, -0.25) is 4.79 Å². The van der Waals surface area contributed by atoms with Crippen molar-refractivity contribution in [2.75, 3.05) is 19.2 Å². The number of benzene rings is 3. The van der Waals surface area contributed by atoms with E-state index in [4.69, 9.17) is 14.2 Å². The van der Waals surface area contributed by atoms with Crippen molar-refractivity contribution < 1.29 is 24.1 Å². The number of amides is 1. The number of para-hydroxylation sites is 1. The lowest BCUT2D eigenvalue weighted by atomic mass is 10.0. The standard InChI is InChI=1S/C23H19BrN2O5/c1-29-20-10-14(24)9-16(21(20)27)22-25-17-5-3-2-4-15(17)23(28)26(22)11-13-6-7-18-19(8-13)31-12-30-18/h2-10,22,25,27H,11-12H2,1H3. The van der Waals surface area contributed by atoms with Crippen LogP contribution in [0.15, 0.2) is 59.1 Å². The number of methoxy groups -OCH3 is 1. The lowest BCUT2D eigenvalue weighted by Gasteiger charge is -2.38. The lowest BCUT2D eigenvalue weighted by molar-refractivity contribution is 0.0664. The molecule has 158 valence electrons. The minimum absolute atomic E-state index is 0.0222. The van der Waals surface area contributed by atoms with Crippen molar-refractivity contribution in [1.29, 1.82) is 0 Å². The number of halogens is 1. The molecule has 8 heteroatoms. The largest absolute Gasteiger partial charge is 0.504 e. The van der Waals surface area contributed by atoms with Gasteiger partial charge in [-0.25, -0.2) is 0 Å². The molecule has 0 bridgehead atoms. The van der Waals surface area contributed by atoms with Gasteiger partial charge in [0, 0.05) is 22.3 Å². The molecule has 0 aromatic heterocycles. The minimum Gasteiger partial charge on any atom is -0.504 e. The quantitative estimate of drug-likeness (QED) is 0.562. The number of rotatable bonds is 4. The average molecular weight is 483 g/mol. The van der Waals surface area contributed by atoms with E-state index in [1.165, 1.54) is 7.11 Å². The number of carbonyl (C=O) groups is 1. The Morgan fingerprint density at radius 3 is 2.81 bits per heavy atom. The van der Waals surface area contributed by atoms with Crippen LogP contribution in [-0.2, 0) is 6.54 Å². The molecule has 7 nitrogen and oxygen atoms in total. The Kier molecular flexibility index (Phi) is 4.86. The maximum atomic E-state index is 13.5. The Hall–Kier alpha value is -3.39. The topological polar surface area (TPSA) is 80.3 Å². The highest BCUT2D eigenvalue weighted by Gasteiger charge is 2.35. The number of carbonyl (C=O) groups excluding carboxylic acids is 1. The molecule has 2 heterocycles. The number of aromatic hydroxyl groups is 1. The monoisotopic (exact) mass is 482 g/mol. The number of anilines is 1. The SMILES string of the molecule is COc1cc(Br)cc(C2Nc3ccccc3C(=O)N2Cc2ccc3c(c2)OCO3)c1O. The van der Waals surface area contributed by atoms with Gasteiger partial charge < -0.3 is 29.5 Å². The van der Waals surface area contributed by atoms with Gasteiger partial charge in [0.05, 0.1) is 12.7 Å². The van der Waals surface area contributed by atoms with Crippen LogP contribution in [0.1, 0.15) is 27.7 Å². The Labute approximate surface area is 187 Å². The molecule has 5 rings (SSSR count). The van der Waals surface area contributed by atoms with Crippen LogP contribution in [0.25, 0.3) is 0 Å².